The molecule has 8 heteroatoms. The highest BCUT2D eigenvalue weighted by atomic mass is 32.2. The molecule has 152 valence electrons. The number of rotatable bonds is 6. The van der Waals surface area contributed by atoms with Crippen LogP contribution >= 0.6 is 0 Å². The molecule has 0 radical (unpaired) electrons. The summed E-state index contributed by atoms with van der Waals surface area (Å²) in [7, 11) is -3.20. The molecule has 0 aliphatic carbocycles. The Balaban J connectivity index is 1.41. The molecule has 7 nitrogen and oxygen atoms in total. The Morgan fingerprint density at radius 1 is 1.14 bits per heavy atom. The largest absolute Gasteiger partial charge is 0.453 e. The van der Waals surface area contributed by atoms with Crippen molar-refractivity contribution in [2.75, 3.05) is 31.9 Å². The summed E-state index contributed by atoms with van der Waals surface area (Å²) in [5, 5.41) is 1.13. The van der Waals surface area contributed by atoms with Gasteiger partial charge in [0.05, 0.1) is 12.2 Å². The molecule has 3 rings (SSSR count). The van der Waals surface area contributed by atoms with Crippen LogP contribution in [-0.4, -0.2) is 68.1 Å². The minimum Gasteiger partial charge on any atom is -0.453 e. The number of allylic oxidation sites excluding steroid dienone is 1. The predicted molar refractivity (Wildman–Crippen MR) is 105 cm³/mol. The van der Waals surface area contributed by atoms with E-state index < -0.39 is 21.9 Å². The predicted octanol–water partition coefficient (Wildman–Crippen LogP) is 1.21. The first-order valence-corrected chi connectivity index (χ1v) is 11.2. The number of ether oxygens (including phenoxy) is 1. The van der Waals surface area contributed by atoms with Crippen LogP contribution in [0.25, 0.3) is 0 Å². The zero-order valence-electron chi connectivity index (χ0n) is 16.0. The third kappa shape index (κ3) is 5.65. The standard InChI is InChI=1S/C20H26N2O5S/c1-16(27-19(23)13-18-7-12-28(25,26)15-18)20(24)22-10-8-21(9-11-22)14-17-5-3-2-4-6-17/h2-7,12,16,18H,8-11,13-15H2,1H3. The number of esters is 1. The molecule has 2 aliphatic rings. The van der Waals surface area contributed by atoms with Crippen LogP contribution in [0.5, 0.6) is 0 Å². The van der Waals surface area contributed by atoms with Crippen LogP contribution in [0.1, 0.15) is 18.9 Å². The molecule has 1 aromatic carbocycles. The van der Waals surface area contributed by atoms with E-state index in [1.165, 1.54) is 11.6 Å². The fourth-order valence-corrected chi connectivity index (χ4v) is 4.90. The van der Waals surface area contributed by atoms with Crippen LogP contribution in [0.3, 0.4) is 0 Å². The van der Waals surface area contributed by atoms with Crippen molar-refractivity contribution in [1.82, 2.24) is 9.80 Å². The third-order valence-corrected chi connectivity index (χ3v) is 6.49. The zero-order valence-corrected chi connectivity index (χ0v) is 16.8. The summed E-state index contributed by atoms with van der Waals surface area (Å²) >= 11 is 0. The van der Waals surface area contributed by atoms with Gasteiger partial charge in [0.1, 0.15) is 0 Å². The van der Waals surface area contributed by atoms with Gasteiger partial charge in [-0.3, -0.25) is 14.5 Å². The lowest BCUT2D eigenvalue weighted by Gasteiger charge is -2.35. The molecule has 2 heterocycles. The topological polar surface area (TPSA) is 84.0 Å². The smallest absolute Gasteiger partial charge is 0.307 e. The van der Waals surface area contributed by atoms with Crippen molar-refractivity contribution in [3.8, 4) is 0 Å². The monoisotopic (exact) mass is 406 g/mol. The Kier molecular flexibility index (Phi) is 6.51. The van der Waals surface area contributed by atoms with Crippen molar-refractivity contribution in [2.45, 2.75) is 26.0 Å². The van der Waals surface area contributed by atoms with E-state index in [0.717, 1.165) is 25.0 Å². The number of carbonyl (C=O) groups is 2. The quantitative estimate of drug-likeness (QED) is 0.661. The number of carbonyl (C=O) groups excluding carboxylic acids is 2. The second kappa shape index (κ2) is 8.87. The van der Waals surface area contributed by atoms with Gasteiger partial charge in [0.15, 0.2) is 15.9 Å². The van der Waals surface area contributed by atoms with Gasteiger partial charge in [-0.2, -0.15) is 0 Å². The van der Waals surface area contributed by atoms with Gasteiger partial charge in [-0.1, -0.05) is 36.4 Å². The second-order valence-electron chi connectivity index (χ2n) is 7.34. The van der Waals surface area contributed by atoms with Crippen molar-refractivity contribution in [3.05, 3.63) is 47.4 Å². The fourth-order valence-electron chi connectivity index (χ4n) is 3.50. The normalized spacial score (nSPS) is 22.8. The maximum atomic E-state index is 12.6. The highest BCUT2D eigenvalue weighted by molar-refractivity contribution is 7.94. The Morgan fingerprint density at radius 2 is 1.82 bits per heavy atom. The van der Waals surface area contributed by atoms with Gasteiger partial charge < -0.3 is 9.64 Å². The van der Waals surface area contributed by atoms with Gasteiger partial charge in [0, 0.05) is 44.0 Å². The third-order valence-electron chi connectivity index (χ3n) is 5.02. The number of hydrogen-bond acceptors (Lipinski definition) is 6. The number of nitrogens with zero attached hydrogens (tertiary/aromatic N) is 2. The molecule has 2 unspecified atom stereocenters. The molecule has 0 bridgehead atoms. The van der Waals surface area contributed by atoms with Crippen LogP contribution < -0.4 is 0 Å². The van der Waals surface area contributed by atoms with Gasteiger partial charge in [-0.05, 0) is 12.5 Å². The summed E-state index contributed by atoms with van der Waals surface area (Å²) in [5.41, 5.74) is 1.24. The molecule has 1 fully saturated rings. The summed E-state index contributed by atoms with van der Waals surface area (Å²) in [5.74, 6) is -1.20. The fraction of sp³-hybridized carbons (Fsp3) is 0.500. The Morgan fingerprint density at radius 3 is 2.43 bits per heavy atom. The summed E-state index contributed by atoms with van der Waals surface area (Å²) in [6, 6.07) is 10.2. The molecule has 1 amide bonds. The lowest BCUT2D eigenvalue weighted by molar-refractivity contribution is -0.160. The van der Waals surface area contributed by atoms with Gasteiger partial charge in [0.2, 0.25) is 0 Å². The molecule has 0 spiro atoms. The molecule has 0 N–H and O–H groups in total. The van der Waals surface area contributed by atoms with E-state index in [1.54, 1.807) is 11.8 Å². The van der Waals surface area contributed by atoms with Gasteiger partial charge in [-0.25, -0.2) is 8.42 Å². The number of sulfone groups is 1. The van der Waals surface area contributed by atoms with Gasteiger partial charge in [-0.15, -0.1) is 0 Å². The van der Waals surface area contributed by atoms with Crippen molar-refractivity contribution >= 4 is 21.7 Å². The first-order chi connectivity index (χ1) is 13.3. The maximum absolute atomic E-state index is 12.6. The molecular formula is C20H26N2O5S. The Hall–Kier alpha value is -2.19. The maximum Gasteiger partial charge on any atom is 0.307 e. The van der Waals surface area contributed by atoms with E-state index >= 15 is 0 Å². The number of piperazine rings is 1. The SMILES string of the molecule is CC(OC(=O)CC1C=CS(=O)(=O)C1)C(=O)N1CCN(Cc2ccccc2)CC1. The molecule has 0 saturated carbocycles. The average molecular weight is 407 g/mol. The first kappa shape index (κ1) is 20.5. The Bertz CT molecular complexity index is 829. The van der Waals surface area contributed by atoms with E-state index in [0.29, 0.717) is 13.1 Å². The van der Waals surface area contributed by atoms with E-state index in [1.807, 2.05) is 18.2 Å². The molecular weight excluding hydrogens is 380 g/mol. The van der Waals surface area contributed by atoms with Crippen molar-refractivity contribution < 1.29 is 22.7 Å². The molecule has 1 saturated heterocycles. The molecule has 2 aliphatic heterocycles. The van der Waals surface area contributed by atoms with Gasteiger partial charge in [0.25, 0.3) is 5.91 Å². The van der Waals surface area contributed by atoms with Crippen molar-refractivity contribution in [1.29, 1.82) is 0 Å². The molecule has 2 atom stereocenters. The van der Waals surface area contributed by atoms with E-state index in [9.17, 15) is 18.0 Å². The van der Waals surface area contributed by atoms with Crippen LogP contribution in [0.2, 0.25) is 0 Å². The van der Waals surface area contributed by atoms with Crippen LogP contribution in [0.4, 0.5) is 0 Å². The van der Waals surface area contributed by atoms with E-state index in [-0.39, 0.29) is 24.0 Å². The second-order valence-corrected chi connectivity index (χ2v) is 9.27. The molecule has 1 aromatic rings. The lowest BCUT2D eigenvalue weighted by Crippen LogP contribution is -2.51. The average Bonchev–Trinajstić information content (AvgIpc) is 3.00. The van der Waals surface area contributed by atoms with Gasteiger partial charge >= 0.3 is 5.97 Å². The van der Waals surface area contributed by atoms with Crippen molar-refractivity contribution in [2.24, 2.45) is 5.92 Å². The number of amides is 1. The summed E-state index contributed by atoms with van der Waals surface area (Å²) < 4.78 is 28.0. The summed E-state index contributed by atoms with van der Waals surface area (Å²) in [4.78, 5) is 28.6. The number of benzene rings is 1. The molecule has 28 heavy (non-hydrogen) atoms. The van der Waals surface area contributed by atoms with Crippen LogP contribution in [0, 0.1) is 5.92 Å². The summed E-state index contributed by atoms with van der Waals surface area (Å²) in [6.45, 7) is 5.15. The van der Waals surface area contributed by atoms with Crippen molar-refractivity contribution in [3.63, 3.8) is 0 Å². The highest BCUT2D eigenvalue weighted by Gasteiger charge is 2.29. The number of hydrogen-bond donors (Lipinski definition) is 0. The first-order valence-electron chi connectivity index (χ1n) is 9.48. The van der Waals surface area contributed by atoms with E-state index in [2.05, 4.69) is 17.0 Å². The lowest BCUT2D eigenvalue weighted by atomic mass is 10.1. The zero-order chi connectivity index (χ0) is 20.1. The Labute approximate surface area is 165 Å². The molecule has 0 aromatic heterocycles. The van der Waals surface area contributed by atoms with Crippen LogP contribution in [0.15, 0.2) is 41.8 Å². The van der Waals surface area contributed by atoms with E-state index in [4.69, 9.17) is 4.74 Å². The van der Waals surface area contributed by atoms with Crippen LogP contribution in [-0.2, 0) is 30.7 Å². The minimum atomic E-state index is -3.20. The summed E-state index contributed by atoms with van der Waals surface area (Å²) in [6.07, 6.45) is 0.614. The minimum absolute atomic E-state index is 0.0296. The highest BCUT2D eigenvalue weighted by Crippen LogP contribution is 2.19.